The fourth-order valence-corrected chi connectivity index (χ4v) is 4.02. The summed E-state index contributed by atoms with van der Waals surface area (Å²) in [7, 11) is -3.48. The molecule has 1 aliphatic rings. The summed E-state index contributed by atoms with van der Waals surface area (Å²) < 4.78 is 32.9. The van der Waals surface area contributed by atoms with E-state index < -0.39 is 10.0 Å². The lowest BCUT2D eigenvalue weighted by molar-refractivity contribution is 0.412. The fraction of sp³-hybridized carbons (Fsp3) is 0.500. The molecule has 0 spiro atoms. The van der Waals surface area contributed by atoms with Gasteiger partial charge >= 0.3 is 0 Å². The van der Waals surface area contributed by atoms with Gasteiger partial charge in [-0.15, -0.1) is 0 Å². The zero-order chi connectivity index (χ0) is 14.2. The molecule has 0 radical (unpaired) electrons. The minimum atomic E-state index is -3.48. The van der Waals surface area contributed by atoms with Crippen LogP contribution in [0.25, 0.3) is 11.1 Å². The molecule has 1 heterocycles. The van der Waals surface area contributed by atoms with Crippen molar-refractivity contribution in [3.05, 3.63) is 24.1 Å². The minimum absolute atomic E-state index is 0.0564. The number of sulfonamides is 1. The lowest BCUT2D eigenvalue weighted by atomic mass is 9.96. The van der Waals surface area contributed by atoms with Gasteiger partial charge in [0.05, 0.1) is 4.90 Å². The van der Waals surface area contributed by atoms with Crippen LogP contribution in [0.15, 0.2) is 27.5 Å². The molecule has 1 aliphatic carbocycles. The van der Waals surface area contributed by atoms with Gasteiger partial charge < -0.3 is 4.42 Å². The molecule has 0 amide bonds. The van der Waals surface area contributed by atoms with Crippen LogP contribution < -0.4 is 4.72 Å². The highest BCUT2D eigenvalue weighted by molar-refractivity contribution is 7.89. The van der Waals surface area contributed by atoms with Crippen LogP contribution in [-0.4, -0.2) is 19.4 Å². The summed E-state index contributed by atoms with van der Waals surface area (Å²) in [5.74, 6) is 0.537. The van der Waals surface area contributed by atoms with Crippen LogP contribution in [0.3, 0.4) is 0 Å². The van der Waals surface area contributed by atoms with Gasteiger partial charge in [0.1, 0.15) is 5.52 Å². The Hall–Kier alpha value is -1.40. The van der Waals surface area contributed by atoms with Crippen LogP contribution in [0.1, 0.15) is 38.0 Å². The topological polar surface area (TPSA) is 72.2 Å². The molecule has 1 aromatic carbocycles. The molecule has 0 bridgehead atoms. The Labute approximate surface area is 118 Å². The fourth-order valence-electron chi connectivity index (χ4n) is 2.70. The van der Waals surface area contributed by atoms with E-state index in [1.807, 2.05) is 0 Å². The van der Waals surface area contributed by atoms with E-state index in [2.05, 4.69) is 9.71 Å². The van der Waals surface area contributed by atoms with Crippen molar-refractivity contribution in [1.29, 1.82) is 0 Å². The van der Waals surface area contributed by atoms with E-state index in [1.165, 1.54) is 6.42 Å². The first kappa shape index (κ1) is 13.6. The summed E-state index contributed by atoms with van der Waals surface area (Å²) in [6.07, 6.45) is 5.22. The number of fused-ring (bicyclic) bond motifs is 1. The summed E-state index contributed by atoms with van der Waals surface area (Å²) in [6.45, 7) is 1.74. The summed E-state index contributed by atoms with van der Waals surface area (Å²) >= 11 is 0. The molecule has 20 heavy (non-hydrogen) atoms. The third-order valence-electron chi connectivity index (χ3n) is 3.70. The molecular formula is C14H18N2O3S. The second-order valence-corrected chi connectivity index (χ2v) is 7.03. The quantitative estimate of drug-likeness (QED) is 0.944. The van der Waals surface area contributed by atoms with Crippen molar-refractivity contribution in [3.63, 3.8) is 0 Å². The lowest BCUT2D eigenvalue weighted by Crippen LogP contribution is -2.36. The SMILES string of the molecule is Cc1nc2ccc(S(=O)(=O)NC3CCCCC3)cc2o1. The van der Waals surface area contributed by atoms with Crippen molar-refractivity contribution >= 4 is 21.1 Å². The van der Waals surface area contributed by atoms with Crippen molar-refractivity contribution in [2.24, 2.45) is 0 Å². The smallest absolute Gasteiger partial charge is 0.240 e. The number of nitrogens with zero attached hydrogens (tertiary/aromatic N) is 1. The number of benzene rings is 1. The first-order chi connectivity index (χ1) is 9.54. The number of rotatable bonds is 3. The van der Waals surface area contributed by atoms with Crippen LogP contribution in [0, 0.1) is 6.92 Å². The van der Waals surface area contributed by atoms with E-state index in [0.717, 1.165) is 25.7 Å². The lowest BCUT2D eigenvalue weighted by Gasteiger charge is -2.22. The molecule has 0 atom stereocenters. The maximum absolute atomic E-state index is 12.4. The predicted molar refractivity (Wildman–Crippen MR) is 75.9 cm³/mol. The van der Waals surface area contributed by atoms with E-state index >= 15 is 0 Å². The van der Waals surface area contributed by atoms with E-state index in [-0.39, 0.29) is 10.9 Å². The van der Waals surface area contributed by atoms with Gasteiger partial charge in [-0.25, -0.2) is 18.1 Å². The van der Waals surface area contributed by atoms with Gasteiger partial charge in [0.15, 0.2) is 11.5 Å². The Bertz CT molecular complexity index is 715. The second-order valence-electron chi connectivity index (χ2n) is 5.32. The number of hydrogen-bond acceptors (Lipinski definition) is 4. The van der Waals surface area contributed by atoms with Crippen LogP contribution in [-0.2, 0) is 10.0 Å². The molecule has 0 unspecified atom stereocenters. The van der Waals surface area contributed by atoms with E-state index in [1.54, 1.807) is 25.1 Å². The highest BCUT2D eigenvalue weighted by Crippen LogP contribution is 2.22. The maximum atomic E-state index is 12.4. The summed E-state index contributed by atoms with van der Waals surface area (Å²) in [5, 5.41) is 0. The van der Waals surface area contributed by atoms with Gasteiger partial charge in [-0.2, -0.15) is 0 Å². The third-order valence-corrected chi connectivity index (χ3v) is 5.22. The van der Waals surface area contributed by atoms with Gasteiger partial charge in [-0.3, -0.25) is 0 Å². The molecule has 1 N–H and O–H groups in total. The molecule has 2 aromatic rings. The summed E-state index contributed by atoms with van der Waals surface area (Å²) in [5.41, 5.74) is 1.19. The number of oxazole rings is 1. The van der Waals surface area contributed by atoms with Crippen LogP contribution >= 0.6 is 0 Å². The van der Waals surface area contributed by atoms with Crippen molar-refractivity contribution in [1.82, 2.24) is 9.71 Å². The van der Waals surface area contributed by atoms with E-state index in [9.17, 15) is 8.42 Å². The van der Waals surface area contributed by atoms with E-state index in [4.69, 9.17) is 4.42 Å². The largest absolute Gasteiger partial charge is 0.441 e. The van der Waals surface area contributed by atoms with Crippen molar-refractivity contribution in [2.75, 3.05) is 0 Å². The van der Waals surface area contributed by atoms with Gasteiger partial charge in [0.25, 0.3) is 0 Å². The van der Waals surface area contributed by atoms with Gasteiger partial charge in [0, 0.05) is 19.0 Å². The van der Waals surface area contributed by atoms with Gasteiger partial charge in [0.2, 0.25) is 10.0 Å². The number of aromatic nitrogens is 1. The Balaban J connectivity index is 1.87. The van der Waals surface area contributed by atoms with Crippen molar-refractivity contribution in [2.45, 2.75) is 50.0 Å². The molecule has 0 saturated heterocycles. The zero-order valence-corrected chi connectivity index (χ0v) is 12.2. The summed E-state index contributed by atoms with van der Waals surface area (Å²) in [4.78, 5) is 4.41. The molecule has 6 heteroatoms. The maximum Gasteiger partial charge on any atom is 0.240 e. The summed E-state index contributed by atoms with van der Waals surface area (Å²) in [6, 6.07) is 4.86. The molecule has 1 saturated carbocycles. The van der Waals surface area contributed by atoms with Crippen LogP contribution in [0.5, 0.6) is 0 Å². The highest BCUT2D eigenvalue weighted by Gasteiger charge is 2.22. The number of aryl methyl sites for hydroxylation is 1. The normalized spacial score (nSPS) is 17.6. The van der Waals surface area contributed by atoms with Gasteiger partial charge in [-0.1, -0.05) is 19.3 Å². The Morgan fingerprint density at radius 3 is 2.75 bits per heavy atom. The van der Waals surface area contributed by atoms with Crippen molar-refractivity contribution < 1.29 is 12.8 Å². The first-order valence-electron chi connectivity index (χ1n) is 6.94. The Morgan fingerprint density at radius 1 is 1.25 bits per heavy atom. The molecule has 1 aromatic heterocycles. The molecule has 3 rings (SSSR count). The van der Waals surface area contributed by atoms with E-state index in [0.29, 0.717) is 17.0 Å². The molecule has 108 valence electrons. The van der Waals surface area contributed by atoms with Crippen molar-refractivity contribution in [3.8, 4) is 0 Å². The Morgan fingerprint density at radius 2 is 2.00 bits per heavy atom. The van der Waals surface area contributed by atoms with Crippen LogP contribution in [0.2, 0.25) is 0 Å². The monoisotopic (exact) mass is 294 g/mol. The Kier molecular flexibility index (Phi) is 3.52. The molecule has 5 nitrogen and oxygen atoms in total. The van der Waals surface area contributed by atoms with Crippen LogP contribution in [0.4, 0.5) is 0 Å². The molecule has 0 aliphatic heterocycles. The number of hydrogen-bond donors (Lipinski definition) is 1. The predicted octanol–water partition coefficient (Wildman–Crippen LogP) is 2.75. The first-order valence-corrected chi connectivity index (χ1v) is 8.42. The molecular weight excluding hydrogens is 276 g/mol. The highest BCUT2D eigenvalue weighted by atomic mass is 32.2. The average Bonchev–Trinajstić information content (AvgIpc) is 2.78. The number of nitrogens with one attached hydrogen (secondary N) is 1. The standard InChI is InChI=1S/C14H18N2O3S/c1-10-15-13-8-7-12(9-14(13)19-10)20(17,18)16-11-5-3-2-4-6-11/h7-9,11,16H,2-6H2,1H3. The third kappa shape index (κ3) is 2.71. The zero-order valence-electron chi connectivity index (χ0n) is 11.4. The van der Waals surface area contributed by atoms with Gasteiger partial charge in [-0.05, 0) is 25.0 Å². The minimum Gasteiger partial charge on any atom is -0.441 e. The second kappa shape index (κ2) is 5.18. The molecule has 1 fully saturated rings. The average molecular weight is 294 g/mol.